The van der Waals surface area contributed by atoms with Crippen LogP contribution in [-0.2, 0) is 14.4 Å². The topological polar surface area (TPSA) is 81.8 Å². The molecule has 2 aliphatic rings. The molecule has 0 aromatic heterocycles. The minimum absolute atomic E-state index is 0.0324. The molecule has 7 nitrogen and oxygen atoms in total. The van der Waals surface area contributed by atoms with Gasteiger partial charge in [-0.15, -0.1) is 0 Å². The van der Waals surface area contributed by atoms with E-state index in [2.05, 4.69) is 10.6 Å². The highest BCUT2D eigenvalue weighted by molar-refractivity contribution is 6.35. The third-order valence-corrected chi connectivity index (χ3v) is 3.69. The second kappa shape index (κ2) is 6.69. The van der Waals surface area contributed by atoms with Gasteiger partial charge in [-0.1, -0.05) is 0 Å². The summed E-state index contributed by atoms with van der Waals surface area (Å²) in [5, 5.41) is 5.99. The van der Waals surface area contributed by atoms with E-state index in [0.717, 1.165) is 19.5 Å². The number of nitrogens with zero attached hydrogens (tertiary/aromatic N) is 2. The summed E-state index contributed by atoms with van der Waals surface area (Å²) in [5.41, 5.74) is 0. The van der Waals surface area contributed by atoms with Crippen LogP contribution >= 0.6 is 0 Å². The van der Waals surface area contributed by atoms with E-state index in [1.807, 2.05) is 0 Å². The number of rotatable bonds is 1. The van der Waals surface area contributed by atoms with E-state index >= 15 is 0 Å². The molecular weight excluding hydrogens is 260 g/mol. The molecule has 2 aliphatic heterocycles. The first-order valence-corrected chi connectivity index (χ1v) is 7.14. The summed E-state index contributed by atoms with van der Waals surface area (Å²) in [7, 11) is 0. The lowest BCUT2D eigenvalue weighted by atomic mass is 10.2. The van der Waals surface area contributed by atoms with Crippen LogP contribution in [0.5, 0.6) is 0 Å². The van der Waals surface area contributed by atoms with Crippen molar-refractivity contribution >= 4 is 17.7 Å². The lowest BCUT2D eigenvalue weighted by Crippen LogP contribution is -2.46. The molecule has 7 heteroatoms. The normalized spacial score (nSPS) is 23.4. The van der Waals surface area contributed by atoms with E-state index in [9.17, 15) is 14.4 Å². The fourth-order valence-corrected chi connectivity index (χ4v) is 2.67. The number of nitrogens with one attached hydrogen (secondary N) is 2. The summed E-state index contributed by atoms with van der Waals surface area (Å²) in [6.07, 6.45) is 1.58. The Hall–Kier alpha value is -1.63. The monoisotopic (exact) mass is 282 g/mol. The molecule has 0 aliphatic carbocycles. The van der Waals surface area contributed by atoms with E-state index < -0.39 is 11.8 Å². The largest absolute Gasteiger partial charge is 0.352 e. The first-order valence-electron chi connectivity index (χ1n) is 7.14. The van der Waals surface area contributed by atoms with Gasteiger partial charge in [0.15, 0.2) is 0 Å². The van der Waals surface area contributed by atoms with Gasteiger partial charge in [-0.25, -0.2) is 0 Å². The fraction of sp³-hybridized carbons (Fsp3) is 0.769. The molecule has 3 amide bonds. The van der Waals surface area contributed by atoms with Crippen LogP contribution in [0.4, 0.5) is 0 Å². The van der Waals surface area contributed by atoms with Crippen molar-refractivity contribution in [3.05, 3.63) is 0 Å². The molecule has 1 unspecified atom stereocenters. The van der Waals surface area contributed by atoms with Gasteiger partial charge in [-0.2, -0.15) is 0 Å². The van der Waals surface area contributed by atoms with Gasteiger partial charge in [0.25, 0.3) is 0 Å². The molecule has 0 spiro atoms. The molecule has 2 rings (SSSR count). The Kier molecular flexibility index (Phi) is 4.94. The van der Waals surface area contributed by atoms with Gasteiger partial charge in [0.1, 0.15) is 0 Å². The molecule has 20 heavy (non-hydrogen) atoms. The molecule has 0 radical (unpaired) electrons. The third kappa shape index (κ3) is 3.69. The first-order chi connectivity index (χ1) is 9.58. The highest BCUT2D eigenvalue weighted by Gasteiger charge is 2.32. The van der Waals surface area contributed by atoms with Crippen molar-refractivity contribution in [1.82, 2.24) is 20.4 Å². The van der Waals surface area contributed by atoms with Crippen LogP contribution < -0.4 is 10.6 Å². The van der Waals surface area contributed by atoms with Crippen LogP contribution in [0, 0.1) is 0 Å². The summed E-state index contributed by atoms with van der Waals surface area (Å²) in [6, 6.07) is -0.0324. The molecule has 112 valence electrons. The highest BCUT2D eigenvalue weighted by Crippen LogP contribution is 2.11. The van der Waals surface area contributed by atoms with Crippen LogP contribution in [-0.4, -0.2) is 72.8 Å². The maximum atomic E-state index is 12.2. The van der Waals surface area contributed by atoms with Crippen LogP contribution in [0.3, 0.4) is 0 Å². The van der Waals surface area contributed by atoms with Gasteiger partial charge in [0, 0.05) is 45.7 Å². The van der Waals surface area contributed by atoms with E-state index in [-0.39, 0.29) is 11.9 Å². The van der Waals surface area contributed by atoms with Crippen molar-refractivity contribution in [2.75, 3.05) is 39.3 Å². The number of likely N-dealkylation sites (tertiary alicyclic amines) is 1. The summed E-state index contributed by atoms with van der Waals surface area (Å²) < 4.78 is 0. The van der Waals surface area contributed by atoms with Gasteiger partial charge in [-0.3, -0.25) is 14.4 Å². The number of carbonyl (C=O) groups is 3. The molecule has 0 aromatic rings. The zero-order valence-corrected chi connectivity index (χ0v) is 11.9. The Balaban J connectivity index is 1.87. The van der Waals surface area contributed by atoms with Crippen LogP contribution in [0.2, 0.25) is 0 Å². The fourth-order valence-electron chi connectivity index (χ4n) is 2.67. The SMILES string of the molecule is CC(=O)NC1CCN(C(=O)C(=O)N2CCCNCC2)C1. The zero-order chi connectivity index (χ0) is 14.5. The molecular formula is C13H22N4O3. The molecule has 0 aromatic carbocycles. The zero-order valence-electron chi connectivity index (χ0n) is 11.9. The number of amides is 3. The predicted octanol–water partition coefficient (Wildman–Crippen LogP) is -1.45. The Morgan fingerprint density at radius 1 is 1.05 bits per heavy atom. The predicted molar refractivity (Wildman–Crippen MR) is 72.9 cm³/mol. The Morgan fingerprint density at radius 2 is 1.80 bits per heavy atom. The van der Waals surface area contributed by atoms with Gasteiger partial charge in [0.2, 0.25) is 5.91 Å². The number of carbonyl (C=O) groups excluding carboxylic acids is 3. The van der Waals surface area contributed by atoms with Gasteiger partial charge in [0.05, 0.1) is 0 Å². The van der Waals surface area contributed by atoms with Crippen LogP contribution in [0.1, 0.15) is 19.8 Å². The summed E-state index contributed by atoms with van der Waals surface area (Å²) in [4.78, 5) is 38.5. The van der Waals surface area contributed by atoms with Crippen molar-refractivity contribution < 1.29 is 14.4 Å². The highest BCUT2D eigenvalue weighted by atomic mass is 16.2. The standard InChI is InChI=1S/C13H22N4O3/c1-10(18)15-11-3-7-17(9-11)13(20)12(19)16-6-2-4-14-5-8-16/h11,14H,2-9H2,1H3,(H,15,18). The molecule has 2 fully saturated rings. The summed E-state index contributed by atoms with van der Waals surface area (Å²) in [6.45, 7) is 5.23. The number of hydrogen-bond acceptors (Lipinski definition) is 4. The van der Waals surface area contributed by atoms with Gasteiger partial charge >= 0.3 is 11.8 Å². The van der Waals surface area contributed by atoms with E-state index in [4.69, 9.17) is 0 Å². The van der Waals surface area contributed by atoms with Crippen molar-refractivity contribution in [3.63, 3.8) is 0 Å². The Bertz CT molecular complexity index is 391. The van der Waals surface area contributed by atoms with Crippen molar-refractivity contribution in [1.29, 1.82) is 0 Å². The second-order valence-electron chi connectivity index (χ2n) is 5.33. The smallest absolute Gasteiger partial charge is 0.312 e. The summed E-state index contributed by atoms with van der Waals surface area (Å²) >= 11 is 0. The molecule has 0 bridgehead atoms. The van der Waals surface area contributed by atoms with Crippen molar-refractivity contribution in [2.24, 2.45) is 0 Å². The molecule has 2 N–H and O–H groups in total. The maximum absolute atomic E-state index is 12.2. The van der Waals surface area contributed by atoms with Crippen molar-refractivity contribution in [2.45, 2.75) is 25.8 Å². The first kappa shape index (κ1) is 14.8. The molecule has 2 heterocycles. The van der Waals surface area contributed by atoms with Crippen LogP contribution in [0.25, 0.3) is 0 Å². The Morgan fingerprint density at radius 3 is 2.55 bits per heavy atom. The summed E-state index contributed by atoms with van der Waals surface area (Å²) in [5.74, 6) is -0.967. The Labute approximate surface area is 118 Å². The lowest BCUT2D eigenvalue weighted by molar-refractivity contribution is -0.151. The second-order valence-corrected chi connectivity index (χ2v) is 5.33. The minimum Gasteiger partial charge on any atom is -0.352 e. The maximum Gasteiger partial charge on any atom is 0.312 e. The number of hydrogen-bond donors (Lipinski definition) is 2. The van der Waals surface area contributed by atoms with E-state index in [1.165, 1.54) is 6.92 Å². The minimum atomic E-state index is -0.445. The average Bonchev–Trinajstić information content (AvgIpc) is 2.70. The quantitative estimate of drug-likeness (QED) is 0.576. The van der Waals surface area contributed by atoms with Gasteiger partial charge < -0.3 is 20.4 Å². The third-order valence-electron chi connectivity index (χ3n) is 3.69. The molecule has 0 saturated carbocycles. The van der Waals surface area contributed by atoms with Crippen LogP contribution in [0.15, 0.2) is 0 Å². The molecule has 1 atom stereocenters. The van der Waals surface area contributed by atoms with E-state index in [0.29, 0.717) is 32.6 Å². The van der Waals surface area contributed by atoms with E-state index in [1.54, 1.807) is 9.80 Å². The van der Waals surface area contributed by atoms with Gasteiger partial charge in [-0.05, 0) is 19.4 Å². The lowest BCUT2D eigenvalue weighted by Gasteiger charge is -2.23. The molecule has 2 saturated heterocycles. The van der Waals surface area contributed by atoms with Crippen molar-refractivity contribution in [3.8, 4) is 0 Å². The average molecular weight is 282 g/mol.